The molecular formula is C25H22ClNO. The second kappa shape index (κ2) is 6.96. The lowest BCUT2D eigenvalue weighted by atomic mass is 9.85. The van der Waals surface area contributed by atoms with Crippen molar-refractivity contribution in [3.05, 3.63) is 99.7 Å². The van der Waals surface area contributed by atoms with Gasteiger partial charge in [0.05, 0.1) is 11.2 Å². The molecule has 4 rings (SSSR count). The molecule has 0 saturated carbocycles. The summed E-state index contributed by atoms with van der Waals surface area (Å²) in [7, 11) is 0. The Morgan fingerprint density at radius 3 is 2.18 bits per heavy atom. The summed E-state index contributed by atoms with van der Waals surface area (Å²) in [5, 5.41) is 1.39. The Morgan fingerprint density at radius 1 is 0.821 bits per heavy atom. The first-order valence-corrected chi connectivity index (χ1v) is 9.75. The van der Waals surface area contributed by atoms with Crippen LogP contribution in [-0.2, 0) is 5.41 Å². The topological polar surface area (TPSA) is 22.0 Å². The Labute approximate surface area is 170 Å². The van der Waals surface area contributed by atoms with Crippen molar-refractivity contribution in [2.75, 3.05) is 0 Å². The Hall–Kier alpha value is -2.84. The first-order valence-electron chi connectivity index (χ1n) is 9.37. The lowest BCUT2D eigenvalue weighted by Crippen LogP contribution is -2.18. The molecule has 28 heavy (non-hydrogen) atoms. The summed E-state index contributed by atoms with van der Waals surface area (Å²) < 4.78 is 2.19. The maximum atomic E-state index is 12.9. The SMILES string of the molecule is CC(C)(C)c1ccccc1-n1c(-c2ccc(Cl)cc2)cc(=O)c2ccccc21. The van der Waals surface area contributed by atoms with Crippen molar-refractivity contribution >= 4 is 22.5 Å². The van der Waals surface area contributed by atoms with Crippen LogP contribution >= 0.6 is 11.6 Å². The summed E-state index contributed by atoms with van der Waals surface area (Å²) in [6.07, 6.45) is 0. The van der Waals surface area contributed by atoms with Crippen LogP contribution < -0.4 is 5.43 Å². The minimum atomic E-state index is -0.0436. The Morgan fingerprint density at radius 2 is 1.46 bits per heavy atom. The van der Waals surface area contributed by atoms with E-state index in [1.807, 2.05) is 54.6 Å². The molecule has 0 bridgehead atoms. The Bertz CT molecular complexity index is 1210. The second-order valence-electron chi connectivity index (χ2n) is 8.02. The van der Waals surface area contributed by atoms with E-state index in [0.29, 0.717) is 10.4 Å². The third-order valence-electron chi connectivity index (χ3n) is 5.01. The van der Waals surface area contributed by atoms with Crippen LogP contribution in [0.2, 0.25) is 5.02 Å². The summed E-state index contributed by atoms with van der Waals surface area (Å²) in [6, 6.07) is 25.5. The number of benzene rings is 3. The quantitative estimate of drug-likeness (QED) is 0.379. The second-order valence-corrected chi connectivity index (χ2v) is 8.46. The van der Waals surface area contributed by atoms with Crippen molar-refractivity contribution < 1.29 is 0 Å². The fourth-order valence-electron chi connectivity index (χ4n) is 3.67. The van der Waals surface area contributed by atoms with Crippen LogP contribution in [0.3, 0.4) is 0 Å². The van der Waals surface area contributed by atoms with Crippen LogP contribution in [-0.4, -0.2) is 4.57 Å². The van der Waals surface area contributed by atoms with E-state index in [1.165, 1.54) is 5.56 Å². The van der Waals surface area contributed by atoms with Gasteiger partial charge in [0.2, 0.25) is 0 Å². The summed E-state index contributed by atoms with van der Waals surface area (Å²) in [5.74, 6) is 0. The number of para-hydroxylation sites is 2. The number of pyridine rings is 1. The molecule has 0 saturated heterocycles. The van der Waals surface area contributed by atoms with Gasteiger partial charge in [-0.1, -0.05) is 74.8 Å². The molecule has 0 aliphatic heterocycles. The van der Waals surface area contributed by atoms with Gasteiger partial charge in [-0.25, -0.2) is 0 Å². The molecule has 3 heteroatoms. The van der Waals surface area contributed by atoms with E-state index in [-0.39, 0.29) is 10.8 Å². The molecule has 0 atom stereocenters. The van der Waals surface area contributed by atoms with E-state index in [1.54, 1.807) is 6.07 Å². The lowest BCUT2D eigenvalue weighted by molar-refractivity contribution is 0.587. The molecule has 0 spiro atoms. The number of hydrogen-bond donors (Lipinski definition) is 0. The van der Waals surface area contributed by atoms with Crippen molar-refractivity contribution in [3.8, 4) is 16.9 Å². The molecule has 1 heterocycles. The lowest BCUT2D eigenvalue weighted by Gasteiger charge is -2.26. The maximum Gasteiger partial charge on any atom is 0.190 e. The normalized spacial score (nSPS) is 11.7. The zero-order valence-corrected chi connectivity index (χ0v) is 17.0. The van der Waals surface area contributed by atoms with Crippen LogP contribution in [0.5, 0.6) is 0 Å². The number of fused-ring (bicyclic) bond motifs is 1. The fraction of sp³-hybridized carbons (Fsp3) is 0.160. The van der Waals surface area contributed by atoms with Gasteiger partial charge in [0.1, 0.15) is 0 Å². The zero-order chi connectivity index (χ0) is 19.9. The third kappa shape index (κ3) is 3.25. The number of hydrogen-bond acceptors (Lipinski definition) is 1. The third-order valence-corrected chi connectivity index (χ3v) is 5.26. The minimum absolute atomic E-state index is 0.0186. The molecular weight excluding hydrogens is 366 g/mol. The molecule has 0 aliphatic rings. The van der Waals surface area contributed by atoms with Gasteiger partial charge >= 0.3 is 0 Å². The van der Waals surface area contributed by atoms with Gasteiger partial charge in [-0.2, -0.15) is 0 Å². The van der Waals surface area contributed by atoms with Crippen molar-refractivity contribution in [2.45, 2.75) is 26.2 Å². The van der Waals surface area contributed by atoms with Gasteiger partial charge in [0.15, 0.2) is 5.43 Å². The number of aromatic nitrogens is 1. The van der Waals surface area contributed by atoms with Crippen molar-refractivity contribution in [3.63, 3.8) is 0 Å². The van der Waals surface area contributed by atoms with Gasteiger partial charge in [-0.15, -0.1) is 0 Å². The minimum Gasteiger partial charge on any atom is -0.309 e. The maximum absolute atomic E-state index is 12.9. The molecule has 140 valence electrons. The molecule has 0 radical (unpaired) electrons. The molecule has 0 N–H and O–H groups in total. The van der Waals surface area contributed by atoms with E-state index in [4.69, 9.17) is 11.6 Å². The zero-order valence-electron chi connectivity index (χ0n) is 16.2. The highest BCUT2D eigenvalue weighted by Crippen LogP contribution is 2.33. The predicted molar refractivity (Wildman–Crippen MR) is 119 cm³/mol. The molecule has 3 aromatic carbocycles. The summed E-state index contributed by atoms with van der Waals surface area (Å²) in [4.78, 5) is 12.9. The Balaban J connectivity index is 2.16. The molecule has 4 aromatic rings. The average Bonchev–Trinajstić information content (AvgIpc) is 2.68. The van der Waals surface area contributed by atoms with E-state index in [2.05, 4.69) is 43.5 Å². The van der Waals surface area contributed by atoms with Crippen LogP contribution in [0, 0.1) is 0 Å². The van der Waals surface area contributed by atoms with E-state index < -0.39 is 0 Å². The van der Waals surface area contributed by atoms with Gasteiger partial charge in [0, 0.05) is 22.2 Å². The van der Waals surface area contributed by atoms with Crippen LogP contribution in [0.4, 0.5) is 0 Å². The summed E-state index contributed by atoms with van der Waals surface area (Å²) >= 11 is 6.10. The van der Waals surface area contributed by atoms with E-state index in [0.717, 1.165) is 22.5 Å². The largest absolute Gasteiger partial charge is 0.309 e. The molecule has 2 nitrogen and oxygen atoms in total. The number of rotatable bonds is 2. The summed E-state index contributed by atoms with van der Waals surface area (Å²) in [5.41, 5.74) is 4.99. The van der Waals surface area contributed by atoms with Crippen LogP contribution in [0.1, 0.15) is 26.3 Å². The highest BCUT2D eigenvalue weighted by atomic mass is 35.5. The van der Waals surface area contributed by atoms with Crippen LogP contribution in [0.25, 0.3) is 27.8 Å². The average molecular weight is 388 g/mol. The van der Waals surface area contributed by atoms with Crippen LogP contribution in [0.15, 0.2) is 83.7 Å². The monoisotopic (exact) mass is 387 g/mol. The molecule has 0 fully saturated rings. The molecule has 0 unspecified atom stereocenters. The van der Waals surface area contributed by atoms with Crippen molar-refractivity contribution in [2.24, 2.45) is 0 Å². The van der Waals surface area contributed by atoms with E-state index in [9.17, 15) is 4.79 Å². The number of nitrogens with zero attached hydrogens (tertiary/aromatic N) is 1. The predicted octanol–water partition coefficient (Wildman–Crippen LogP) is 6.61. The standard InChI is InChI=1S/C25H22ClNO/c1-25(2,3)20-9-5-7-11-22(20)27-21-10-6-4-8-19(21)24(28)16-23(27)17-12-14-18(26)15-13-17/h4-16H,1-3H3. The molecule has 0 amide bonds. The summed E-state index contributed by atoms with van der Waals surface area (Å²) in [6.45, 7) is 6.62. The Kier molecular flexibility index (Phi) is 4.60. The van der Waals surface area contributed by atoms with E-state index >= 15 is 0 Å². The molecule has 0 aliphatic carbocycles. The first-order chi connectivity index (χ1) is 13.4. The molecule has 1 aromatic heterocycles. The van der Waals surface area contributed by atoms with Gasteiger partial charge in [-0.3, -0.25) is 4.79 Å². The highest BCUT2D eigenvalue weighted by Gasteiger charge is 2.21. The number of halogens is 1. The highest BCUT2D eigenvalue weighted by molar-refractivity contribution is 6.30. The fourth-order valence-corrected chi connectivity index (χ4v) is 3.79. The van der Waals surface area contributed by atoms with Crippen molar-refractivity contribution in [1.82, 2.24) is 4.57 Å². The smallest absolute Gasteiger partial charge is 0.190 e. The first kappa shape index (κ1) is 18.5. The van der Waals surface area contributed by atoms with Gasteiger partial charge < -0.3 is 4.57 Å². The van der Waals surface area contributed by atoms with Crippen molar-refractivity contribution in [1.29, 1.82) is 0 Å². The van der Waals surface area contributed by atoms with Gasteiger partial charge in [-0.05, 0) is 46.9 Å². The van der Waals surface area contributed by atoms with Gasteiger partial charge in [0.25, 0.3) is 0 Å².